The van der Waals surface area contributed by atoms with E-state index in [9.17, 15) is 0 Å². The fourth-order valence-corrected chi connectivity index (χ4v) is 1.91. The summed E-state index contributed by atoms with van der Waals surface area (Å²) in [5.74, 6) is 0.938. The van der Waals surface area contributed by atoms with Crippen molar-refractivity contribution >= 4 is 10.9 Å². The molecule has 74 valence electrons. The maximum absolute atomic E-state index is 5.33. The normalized spacial score (nSPS) is 11.0. The lowest BCUT2D eigenvalue weighted by atomic mass is 10.1. The van der Waals surface area contributed by atoms with Gasteiger partial charge >= 0.3 is 0 Å². The molecule has 0 atom stereocenters. The second kappa shape index (κ2) is 3.02. The fraction of sp³-hybridized carbons (Fsp3) is 0.0769. The van der Waals surface area contributed by atoms with E-state index in [1.807, 2.05) is 13.1 Å². The average molecular weight is 197 g/mol. The van der Waals surface area contributed by atoms with E-state index in [0.717, 1.165) is 11.3 Å². The summed E-state index contributed by atoms with van der Waals surface area (Å²) >= 11 is 0. The van der Waals surface area contributed by atoms with Gasteiger partial charge in [0.1, 0.15) is 5.76 Å². The van der Waals surface area contributed by atoms with Gasteiger partial charge in [-0.15, -0.1) is 0 Å². The van der Waals surface area contributed by atoms with Crippen LogP contribution >= 0.6 is 0 Å². The van der Waals surface area contributed by atoms with Crippen molar-refractivity contribution in [1.29, 1.82) is 0 Å². The van der Waals surface area contributed by atoms with Crippen molar-refractivity contribution in [3.05, 3.63) is 48.6 Å². The quantitative estimate of drug-likeness (QED) is 0.632. The minimum atomic E-state index is 0.938. The Balaban J connectivity index is 2.30. The predicted molar refractivity (Wildman–Crippen MR) is 60.7 cm³/mol. The summed E-state index contributed by atoms with van der Waals surface area (Å²) in [6, 6.07) is 10.4. The van der Waals surface area contributed by atoms with Crippen LogP contribution in [0.3, 0.4) is 0 Å². The molecule has 0 fully saturated rings. The highest BCUT2D eigenvalue weighted by Crippen LogP contribution is 2.28. The highest BCUT2D eigenvalue weighted by molar-refractivity contribution is 5.93. The SMILES string of the molecule is Cc1cc(-c2cccc3cc[nH]c23)co1. The van der Waals surface area contributed by atoms with E-state index in [0.29, 0.717) is 0 Å². The van der Waals surface area contributed by atoms with Crippen LogP contribution in [-0.4, -0.2) is 4.98 Å². The van der Waals surface area contributed by atoms with Crippen molar-refractivity contribution < 1.29 is 4.42 Å². The van der Waals surface area contributed by atoms with Crippen molar-refractivity contribution in [2.45, 2.75) is 6.92 Å². The molecule has 2 heterocycles. The molecule has 0 amide bonds. The highest BCUT2D eigenvalue weighted by atomic mass is 16.3. The lowest BCUT2D eigenvalue weighted by Gasteiger charge is -1.98. The molecule has 0 aliphatic heterocycles. The summed E-state index contributed by atoms with van der Waals surface area (Å²) in [5, 5.41) is 1.23. The number of fused-ring (bicyclic) bond motifs is 1. The van der Waals surface area contributed by atoms with Gasteiger partial charge in [-0.3, -0.25) is 0 Å². The molecule has 15 heavy (non-hydrogen) atoms. The number of nitrogens with one attached hydrogen (secondary N) is 1. The number of H-pyrrole nitrogens is 1. The Labute approximate surface area is 87.5 Å². The second-order valence-corrected chi connectivity index (χ2v) is 3.69. The zero-order valence-electron chi connectivity index (χ0n) is 8.45. The van der Waals surface area contributed by atoms with E-state index < -0.39 is 0 Å². The first kappa shape index (κ1) is 8.36. The summed E-state index contributed by atoms with van der Waals surface area (Å²) in [7, 11) is 0. The van der Waals surface area contributed by atoms with Crippen LogP contribution in [0, 0.1) is 6.92 Å². The molecule has 0 bridgehead atoms. The molecule has 0 aliphatic carbocycles. The van der Waals surface area contributed by atoms with Crippen LogP contribution in [-0.2, 0) is 0 Å². The first-order chi connectivity index (χ1) is 7.34. The van der Waals surface area contributed by atoms with Crippen molar-refractivity contribution in [2.24, 2.45) is 0 Å². The molecule has 1 N–H and O–H groups in total. The third kappa shape index (κ3) is 1.26. The molecule has 1 aromatic carbocycles. The van der Waals surface area contributed by atoms with Crippen LogP contribution in [0.15, 0.2) is 47.2 Å². The van der Waals surface area contributed by atoms with Gasteiger partial charge in [-0.05, 0) is 24.4 Å². The van der Waals surface area contributed by atoms with Gasteiger partial charge in [0.15, 0.2) is 0 Å². The van der Waals surface area contributed by atoms with Crippen LogP contribution < -0.4 is 0 Å². The first-order valence-corrected chi connectivity index (χ1v) is 4.96. The Morgan fingerprint density at radius 3 is 2.93 bits per heavy atom. The fourth-order valence-electron chi connectivity index (χ4n) is 1.91. The highest BCUT2D eigenvalue weighted by Gasteiger charge is 2.06. The number of aromatic nitrogens is 1. The van der Waals surface area contributed by atoms with E-state index in [1.54, 1.807) is 6.26 Å². The molecule has 2 heteroatoms. The Morgan fingerprint density at radius 2 is 2.13 bits per heavy atom. The molecular formula is C13H11NO. The van der Waals surface area contributed by atoms with Gasteiger partial charge in [0.05, 0.1) is 11.8 Å². The molecule has 0 radical (unpaired) electrons. The molecule has 2 nitrogen and oxygen atoms in total. The minimum absolute atomic E-state index is 0.938. The van der Waals surface area contributed by atoms with E-state index in [2.05, 4.69) is 35.3 Å². The molecule has 0 unspecified atom stereocenters. The predicted octanol–water partition coefficient (Wildman–Crippen LogP) is 3.74. The number of hydrogen-bond acceptors (Lipinski definition) is 1. The van der Waals surface area contributed by atoms with Gasteiger partial charge in [0.2, 0.25) is 0 Å². The standard InChI is InChI=1S/C13H11NO/c1-9-7-11(8-15-9)12-4-2-3-10-5-6-14-13(10)12/h2-8,14H,1H3. The monoisotopic (exact) mass is 197 g/mol. The maximum Gasteiger partial charge on any atom is 0.101 e. The second-order valence-electron chi connectivity index (χ2n) is 3.69. The number of benzene rings is 1. The van der Waals surface area contributed by atoms with Gasteiger partial charge < -0.3 is 9.40 Å². The number of para-hydroxylation sites is 1. The van der Waals surface area contributed by atoms with Crippen LogP contribution in [0.25, 0.3) is 22.0 Å². The number of aromatic amines is 1. The Morgan fingerprint density at radius 1 is 1.20 bits per heavy atom. The lowest BCUT2D eigenvalue weighted by Crippen LogP contribution is -1.76. The van der Waals surface area contributed by atoms with Gasteiger partial charge in [-0.25, -0.2) is 0 Å². The van der Waals surface area contributed by atoms with E-state index in [4.69, 9.17) is 4.42 Å². The number of furan rings is 1. The summed E-state index contributed by atoms with van der Waals surface area (Å²) in [6.07, 6.45) is 3.76. The molecule has 0 aliphatic rings. The smallest absolute Gasteiger partial charge is 0.101 e. The summed E-state index contributed by atoms with van der Waals surface area (Å²) in [6.45, 7) is 1.96. The lowest BCUT2D eigenvalue weighted by molar-refractivity contribution is 0.535. The zero-order chi connectivity index (χ0) is 10.3. The van der Waals surface area contributed by atoms with E-state index in [-0.39, 0.29) is 0 Å². The van der Waals surface area contributed by atoms with E-state index in [1.165, 1.54) is 16.5 Å². The van der Waals surface area contributed by atoms with Crippen LogP contribution in [0.1, 0.15) is 5.76 Å². The minimum Gasteiger partial charge on any atom is -0.469 e. The van der Waals surface area contributed by atoms with Crippen molar-refractivity contribution in [3.8, 4) is 11.1 Å². The average Bonchev–Trinajstić information content (AvgIpc) is 2.84. The molecule has 0 saturated heterocycles. The van der Waals surface area contributed by atoms with Crippen molar-refractivity contribution in [3.63, 3.8) is 0 Å². The third-order valence-corrected chi connectivity index (χ3v) is 2.63. The number of aryl methyl sites for hydroxylation is 1. The Kier molecular flexibility index (Phi) is 1.68. The largest absolute Gasteiger partial charge is 0.469 e. The van der Waals surface area contributed by atoms with E-state index >= 15 is 0 Å². The summed E-state index contributed by atoms with van der Waals surface area (Å²) in [4.78, 5) is 3.25. The van der Waals surface area contributed by atoms with Crippen LogP contribution in [0.2, 0.25) is 0 Å². The number of hydrogen-bond donors (Lipinski definition) is 1. The maximum atomic E-state index is 5.33. The van der Waals surface area contributed by atoms with Crippen LogP contribution in [0.5, 0.6) is 0 Å². The van der Waals surface area contributed by atoms with Crippen molar-refractivity contribution in [2.75, 3.05) is 0 Å². The molecule has 2 aromatic heterocycles. The topological polar surface area (TPSA) is 28.9 Å². The van der Waals surface area contributed by atoms with Gasteiger partial charge in [0.25, 0.3) is 0 Å². The van der Waals surface area contributed by atoms with Gasteiger partial charge in [0, 0.05) is 17.3 Å². The van der Waals surface area contributed by atoms with Crippen LogP contribution in [0.4, 0.5) is 0 Å². The Hall–Kier alpha value is -1.96. The number of rotatable bonds is 1. The zero-order valence-corrected chi connectivity index (χ0v) is 8.45. The molecule has 3 aromatic rings. The molecule has 0 spiro atoms. The van der Waals surface area contributed by atoms with Crippen molar-refractivity contribution in [1.82, 2.24) is 4.98 Å². The summed E-state index contributed by atoms with van der Waals surface area (Å²) in [5.41, 5.74) is 3.48. The van der Waals surface area contributed by atoms with Gasteiger partial charge in [-0.1, -0.05) is 18.2 Å². The third-order valence-electron chi connectivity index (χ3n) is 2.63. The molecular weight excluding hydrogens is 186 g/mol. The molecule has 0 saturated carbocycles. The molecule has 3 rings (SSSR count). The first-order valence-electron chi connectivity index (χ1n) is 4.96. The Bertz CT molecular complexity index is 604. The van der Waals surface area contributed by atoms with Gasteiger partial charge in [-0.2, -0.15) is 0 Å². The summed E-state index contributed by atoms with van der Waals surface area (Å²) < 4.78 is 5.33.